The summed E-state index contributed by atoms with van der Waals surface area (Å²) in [7, 11) is 0. The van der Waals surface area contributed by atoms with E-state index >= 15 is 0 Å². The average molecular weight is 290 g/mol. The van der Waals surface area contributed by atoms with Crippen LogP contribution in [0.15, 0.2) is 22.7 Å². The number of amides is 1. The first-order valence-corrected chi connectivity index (χ1v) is 5.74. The van der Waals surface area contributed by atoms with E-state index in [2.05, 4.69) is 21.2 Å². The summed E-state index contributed by atoms with van der Waals surface area (Å²) >= 11 is 3.28. The van der Waals surface area contributed by atoms with Crippen LogP contribution in [0.25, 0.3) is 0 Å². The molecule has 0 spiro atoms. The second-order valence-corrected chi connectivity index (χ2v) is 4.19. The van der Waals surface area contributed by atoms with Crippen molar-refractivity contribution in [1.29, 1.82) is 0 Å². The molecule has 0 aliphatic rings. The number of carbonyl (C=O) groups excluding carboxylic acids is 1. The van der Waals surface area contributed by atoms with E-state index in [1.807, 2.05) is 0 Å². The molecule has 0 saturated carbocycles. The van der Waals surface area contributed by atoms with Gasteiger partial charge in [-0.25, -0.2) is 4.39 Å². The molecule has 1 aromatic carbocycles. The maximum absolute atomic E-state index is 12.9. The molecule has 0 aromatic heterocycles. The van der Waals surface area contributed by atoms with E-state index in [9.17, 15) is 9.18 Å². The Hall–Kier alpha value is -0.940. The van der Waals surface area contributed by atoms with Gasteiger partial charge in [-0.05, 0) is 30.2 Å². The summed E-state index contributed by atoms with van der Waals surface area (Å²) in [6, 6.07) is 4.32. The maximum atomic E-state index is 12.9. The zero-order valence-corrected chi connectivity index (χ0v) is 10.3. The molecule has 1 aromatic rings. The zero-order valence-electron chi connectivity index (χ0n) is 8.67. The molecular formula is C11H13BrFNO2. The topological polar surface area (TPSA) is 49.3 Å². The van der Waals surface area contributed by atoms with E-state index in [0.717, 1.165) is 4.47 Å². The average Bonchev–Trinajstić information content (AvgIpc) is 2.27. The number of benzene rings is 1. The minimum Gasteiger partial charge on any atom is -0.396 e. The van der Waals surface area contributed by atoms with Gasteiger partial charge in [0.15, 0.2) is 0 Å². The number of aliphatic hydroxyl groups is 1. The van der Waals surface area contributed by atoms with Gasteiger partial charge in [0.25, 0.3) is 0 Å². The maximum Gasteiger partial charge on any atom is 0.220 e. The van der Waals surface area contributed by atoms with Crippen molar-refractivity contribution in [3.63, 3.8) is 0 Å². The van der Waals surface area contributed by atoms with Crippen molar-refractivity contribution in [2.75, 3.05) is 6.61 Å². The Kier molecular flexibility index (Phi) is 5.42. The highest BCUT2D eigenvalue weighted by molar-refractivity contribution is 9.10. The lowest BCUT2D eigenvalue weighted by Crippen LogP contribution is -2.22. The molecule has 0 aliphatic carbocycles. The van der Waals surface area contributed by atoms with Gasteiger partial charge in [-0.1, -0.05) is 15.9 Å². The molecule has 0 bridgehead atoms. The van der Waals surface area contributed by atoms with Crippen LogP contribution in [0.5, 0.6) is 0 Å². The lowest BCUT2D eigenvalue weighted by Gasteiger charge is -2.06. The van der Waals surface area contributed by atoms with Gasteiger partial charge in [0.1, 0.15) is 5.82 Å². The van der Waals surface area contributed by atoms with Crippen LogP contribution in [0.3, 0.4) is 0 Å². The third-order valence-corrected chi connectivity index (χ3v) is 2.82. The highest BCUT2D eigenvalue weighted by atomic mass is 79.9. The minimum absolute atomic E-state index is 0.00290. The molecule has 0 saturated heterocycles. The van der Waals surface area contributed by atoms with Gasteiger partial charge < -0.3 is 10.4 Å². The third kappa shape index (κ3) is 4.28. The molecule has 0 heterocycles. The van der Waals surface area contributed by atoms with Gasteiger partial charge in [0.05, 0.1) is 0 Å². The zero-order chi connectivity index (χ0) is 12.0. The number of hydrogen-bond acceptors (Lipinski definition) is 2. The second kappa shape index (κ2) is 6.60. The molecule has 16 heavy (non-hydrogen) atoms. The van der Waals surface area contributed by atoms with Gasteiger partial charge in [-0.2, -0.15) is 0 Å². The number of carbonyl (C=O) groups is 1. The van der Waals surface area contributed by atoms with Crippen LogP contribution < -0.4 is 5.32 Å². The van der Waals surface area contributed by atoms with Crippen LogP contribution in [0.4, 0.5) is 4.39 Å². The molecule has 0 unspecified atom stereocenters. The summed E-state index contributed by atoms with van der Waals surface area (Å²) in [5, 5.41) is 11.2. The van der Waals surface area contributed by atoms with Crippen LogP contribution in [-0.2, 0) is 11.3 Å². The number of aliphatic hydroxyl groups excluding tert-OH is 1. The number of nitrogens with one attached hydrogen (secondary N) is 1. The largest absolute Gasteiger partial charge is 0.396 e. The molecule has 1 rings (SSSR count). The van der Waals surface area contributed by atoms with Crippen molar-refractivity contribution < 1.29 is 14.3 Å². The Morgan fingerprint density at radius 2 is 2.25 bits per heavy atom. The summed E-state index contributed by atoms with van der Waals surface area (Å²) in [5.74, 6) is -0.479. The highest BCUT2D eigenvalue weighted by Crippen LogP contribution is 2.17. The molecule has 0 fully saturated rings. The molecule has 2 N–H and O–H groups in total. The van der Waals surface area contributed by atoms with Crippen molar-refractivity contribution >= 4 is 21.8 Å². The van der Waals surface area contributed by atoms with Crippen molar-refractivity contribution in [3.8, 4) is 0 Å². The molecule has 0 radical (unpaired) electrons. The molecule has 3 nitrogen and oxygen atoms in total. The van der Waals surface area contributed by atoms with Crippen LogP contribution in [0.2, 0.25) is 0 Å². The van der Waals surface area contributed by atoms with E-state index in [1.165, 1.54) is 12.1 Å². The van der Waals surface area contributed by atoms with Crippen molar-refractivity contribution in [2.24, 2.45) is 0 Å². The quantitative estimate of drug-likeness (QED) is 0.871. The molecule has 0 aliphatic heterocycles. The van der Waals surface area contributed by atoms with Crippen molar-refractivity contribution in [3.05, 3.63) is 34.1 Å². The standard InChI is InChI=1S/C11H13BrFNO2/c12-10-4-3-9(13)6-8(10)7-14-11(16)2-1-5-15/h3-4,6,15H,1-2,5,7H2,(H,14,16). The first-order chi connectivity index (χ1) is 7.63. The fourth-order valence-corrected chi connectivity index (χ4v) is 1.59. The Labute approximate surface area is 102 Å². The van der Waals surface area contributed by atoms with Gasteiger partial charge in [0.2, 0.25) is 5.91 Å². The van der Waals surface area contributed by atoms with Gasteiger partial charge in [0, 0.05) is 24.0 Å². The Morgan fingerprint density at radius 3 is 2.94 bits per heavy atom. The Bertz CT molecular complexity index is 371. The van der Waals surface area contributed by atoms with Crippen molar-refractivity contribution in [2.45, 2.75) is 19.4 Å². The van der Waals surface area contributed by atoms with E-state index in [4.69, 9.17) is 5.11 Å². The van der Waals surface area contributed by atoms with Crippen molar-refractivity contribution in [1.82, 2.24) is 5.32 Å². The fourth-order valence-electron chi connectivity index (χ4n) is 1.20. The summed E-state index contributed by atoms with van der Waals surface area (Å²) in [6.45, 7) is 0.277. The normalized spacial score (nSPS) is 10.2. The van der Waals surface area contributed by atoms with Gasteiger partial charge in [-0.15, -0.1) is 0 Å². The molecule has 88 valence electrons. The van der Waals surface area contributed by atoms with E-state index in [-0.39, 0.29) is 31.3 Å². The van der Waals surface area contributed by atoms with E-state index < -0.39 is 0 Å². The summed E-state index contributed by atoms with van der Waals surface area (Å²) in [6.07, 6.45) is 0.722. The molecule has 1 amide bonds. The second-order valence-electron chi connectivity index (χ2n) is 3.34. The number of hydrogen-bond donors (Lipinski definition) is 2. The van der Waals surface area contributed by atoms with Crippen LogP contribution in [0.1, 0.15) is 18.4 Å². The molecule has 5 heteroatoms. The van der Waals surface area contributed by atoms with Crippen LogP contribution >= 0.6 is 15.9 Å². The number of rotatable bonds is 5. The Morgan fingerprint density at radius 1 is 1.50 bits per heavy atom. The fraction of sp³-hybridized carbons (Fsp3) is 0.364. The SMILES string of the molecule is O=C(CCCO)NCc1cc(F)ccc1Br. The highest BCUT2D eigenvalue weighted by Gasteiger charge is 2.04. The third-order valence-electron chi connectivity index (χ3n) is 2.05. The first-order valence-electron chi connectivity index (χ1n) is 4.95. The monoisotopic (exact) mass is 289 g/mol. The first kappa shape index (κ1) is 13.1. The lowest BCUT2D eigenvalue weighted by atomic mass is 10.2. The predicted molar refractivity (Wildman–Crippen MR) is 62.3 cm³/mol. The summed E-state index contributed by atoms with van der Waals surface area (Å²) < 4.78 is 13.7. The lowest BCUT2D eigenvalue weighted by molar-refractivity contribution is -0.121. The predicted octanol–water partition coefficient (Wildman–Crippen LogP) is 1.98. The molecule has 0 atom stereocenters. The van der Waals surface area contributed by atoms with E-state index in [1.54, 1.807) is 6.07 Å². The smallest absolute Gasteiger partial charge is 0.220 e. The Balaban J connectivity index is 2.47. The summed E-state index contributed by atoms with van der Waals surface area (Å²) in [4.78, 5) is 11.2. The van der Waals surface area contributed by atoms with E-state index in [0.29, 0.717) is 12.0 Å². The minimum atomic E-state index is -0.331. The van der Waals surface area contributed by atoms with Gasteiger partial charge >= 0.3 is 0 Å². The van der Waals surface area contributed by atoms with Crippen LogP contribution in [-0.4, -0.2) is 17.6 Å². The van der Waals surface area contributed by atoms with Gasteiger partial charge in [-0.3, -0.25) is 4.79 Å². The molecular weight excluding hydrogens is 277 g/mol. The number of halogens is 2. The van der Waals surface area contributed by atoms with Crippen LogP contribution in [0, 0.1) is 5.82 Å². The summed E-state index contributed by atoms with van der Waals surface area (Å²) in [5.41, 5.74) is 0.692.